The maximum atomic E-state index is 6.13. The molecule has 0 amide bonds. The van der Waals surface area contributed by atoms with Crippen LogP contribution < -0.4 is 5.32 Å². The third kappa shape index (κ3) is 3.01. The van der Waals surface area contributed by atoms with Gasteiger partial charge in [-0.15, -0.1) is 0 Å². The molecule has 0 radical (unpaired) electrons. The van der Waals surface area contributed by atoms with E-state index in [4.69, 9.17) is 23.2 Å². The SMILES string of the molecule is CNCc1cc(-c2cccc(Cl)c2)ccc1Cl. The fourth-order valence-corrected chi connectivity index (χ4v) is 2.12. The minimum absolute atomic E-state index is 0.743. The highest BCUT2D eigenvalue weighted by atomic mass is 35.5. The molecular formula is C14H13Cl2N. The Hall–Kier alpha value is -1.02. The van der Waals surface area contributed by atoms with Crippen LogP contribution in [-0.2, 0) is 6.54 Å². The van der Waals surface area contributed by atoms with Gasteiger partial charge < -0.3 is 5.32 Å². The molecule has 3 heteroatoms. The van der Waals surface area contributed by atoms with Gasteiger partial charge in [0.05, 0.1) is 0 Å². The number of hydrogen-bond acceptors (Lipinski definition) is 1. The molecule has 0 unspecified atom stereocenters. The summed E-state index contributed by atoms with van der Waals surface area (Å²) in [7, 11) is 1.91. The molecule has 0 saturated carbocycles. The first-order valence-electron chi connectivity index (χ1n) is 5.39. The molecule has 2 rings (SSSR count). The van der Waals surface area contributed by atoms with E-state index in [1.54, 1.807) is 0 Å². The molecule has 0 heterocycles. The average Bonchev–Trinajstić information content (AvgIpc) is 2.32. The number of benzene rings is 2. The number of halogens is 2. The topological polar surface area (TPSA) is 12.0 Å². The van der Waals surface area contributed by atoms with Gasteiger partial charge in [0.25, 0.3) is 0 Å². The van der Waals surface area contributed by atoms with E-state index in [0.29, 0.717) is 0 Å². The van der Waals surface area contributed by atoms with Gasteiger partial charge in [-0.1, -0.05) is 41.4 Å². The van der Waals surface area contributed by atoms with Crippen LogP contribution >= 0.6 is 23.2 Å². The monoisotopic (exact) mass is 265 g/mol. The zero-order chi connectivity index (χ0) is 12.3. The first-order chi connectivity index (χ1) is 8.20. The van der Waals surface area contributed by atoms with E-state index in [-0.39, 0.29) is 0 Å². The molecule has 2 aromatic rings. The molecule has 17 heavy (non-hydrogen) atoms. The highest BCUT2D eigenvalue weighted by molar-refractivity contribution is 6.31. The molecule has 0 spiro atoms. The smallest absolute Gasteiger partial charge is 0.0451 e. The molecule has 0 aromatic heterocycles. The van der Waals surface area contributed by atoms with Crippen LogP contribution in [0.5, 0.6) is 0 Å². The zero-order valence-electron chi connectivity index (χ0n) is 9.50. The Morgan fingerprint density at radius 2 is 1.76 bits per heavy atom. The summed E-state index contributed by atoms with van der Waals surface area (Å²) in [6.07, 6.45) is 0. The highest BCUT2D eigenvalue weighted by Crippen LogP contribution is 2.26. The summed E-state index contributed by atoms with van der Waals surface area (Å²) < 4.78 is 0. The lowest BCUT2D eigenvalue weighted by Crippen LogP contribution is -2.05. The van der Waals surface area contributed by atoms with Crippen molar-refractivity contribution in [2.45, 2.75) is 6.54 Å². The van der Waals surface area contributed by atoms with Gasteiger partial charge in [0.15, 0.2) is 0 Å². The average molecular weight is 266 g/mol. The number of nitrogens with one attached hydrogen (secondary N) is 1. The van der Waals surface area contributed by atoms with Crippen molar-refractivity contribution in [1.29, 1.82) is 0 Å². The van der Waals surface area contributed by atoms with Crippen molar-refractivity contribution < 1.29 is 0 Å². The maximum Gasteiger partial charge on any atom is 0.0451 e. The van der Waals surface area contributed by atoms with Gasteiger partial charge in [0, 0.05) is 16.6 Å². The van der Waals surface area contributed by atoms with Gasteiger partial charge in [-0.25, -0.2) is 0 Å². The molecule has 1 N–H and O–H groups in total. The molecule has 0 aliphatic rings. The van der Waals surface area contributed by atoms with Crippen molar-refractivity contribution in [2.24, 2.45) is 0 Å². The Morgan fingerprint density at radius 1 is 1.00 bits per heavy atom. The standard InChI is InChI=1S/C14H13Cl2N/c1-17-9-12-7-11(5-6-14(12)16)10-3-2-4-13(15)8-10/h2-8,17H,9H2,1H3. The Morgan fingerprint density at radius 3 is 2.47 bits per heavy atom. The van der Waals surface area contributed by atoms with E-state index >= 15 is 0 Å². The van der Waals surface area contributed by atoms with Crippen LogP contribution in [0.1, 0.15) is 5.56 Å². The van der Waals surface area contributed by atoms with Crippen molar-refractivity contribution >= 4 is 23.2 Å². The Labute approximate surface area is 111 Å². The summed E-state index contributed by atoms with van der Waals surface area (Å²) in [5.41, 5.74) is 3.32. The number of hydrogen-bond donors (Lipinski definition) is 1. The predicted molar refractivity (Wildman–Crippen MR) is 74.7 cm³/mol. The van der Waals surface area contributed by atoms with E-state index in [0.717, 1.165) is 33.3 Å². The molecule has 0 atom stereocenters. The van der Waals surface area contributed by atoms with Crippen molar-refractivity contribution in [3.63, 3.8) is 0 Å². The van der Waals surface area contributed by atoms with E-state index in [1.807, 2.05) is 43.4 Å². The van der Waals surface area contributed by atoms with Gasteiger partial charge in [-0.05, 0) is 48.0 Å². The molecule has 0 bridgehead atoms. The summed E-state index contributed by atoms with van der Waals surface area (Å²) in [5.74, 6) is 0. The van der Waals surface area contributed by atoms with E-state index in [9.17, 15) is 0 Å². The quantitative estimate of drug-likeness (QED) is 0.869. The van der Waals surface area contributed by atoms with Crippen molar-refractivity contribution in [3.8, 4) is 11.1 Å². The summed E-state index contributed by atoms with van der Waals surface area (Å²) in [6, 6.07) is 13.8. The van der Waals surface area contributed by atoms with Crippen molar-refractivity contribution in [1.82, 2.24) is 5.32 Å². The minimum Gasteiger partial charge on any atom is -0.316 e. The molecule has 2 aromatic carbocycles. The second-order valence-corrected chi connectivity index (χ2v) is 4.69. The van der Waals surface area contributed by atoms with Gasteiger partial charge >= 0.3 is 0 Å². The summed E-state index contributed by atoms with van der Waals surface area (Å²) in [4.78, 5) is 0. The zero-order valence-corrected chi connectivity index (χ0v) is 11.0. The molecular weight excluding hydrogens is 253 g/mol. The fraction of sp³-hybridized carbons (Fsp3) is 0.143. The lowest BCUT2D eigenvalue weighted by molar-refractivity contribution is 0.818. The third-order valence-electron chi connectivity index (χ3n) is 2.57. The molecule has 88 valence electrons. The Kier molecular flexibility index (Phi) is 4.06. The Bertz CT molecular complexity index is 523. The molecule has 0 fully saturated rings. The maximum absolute atomic E-state index is 6.13. The summed E-state index contributed by atoms with van der Waals surface area (Å²) in [6.45, 7) is 0.757. The van der Waals surface area contributed by atoms with E-state index < -0.39 is 0 Å². The van der Waals surface area contributed by atoms with Crippen LogP contribution in [0.15, 0.2) is 42.5 Å². The van der Waals surface area contributed by atoms with Crippen LogP contribution in [0.3, 0.4) is 0 Å². The van der Waals surface area contributed by atoms with Crippen LogP contribution in [0.25, 0.3) is 11.1 Å². The van der Waals surface area contributed by atoms with E-state index in [1.165, 1.54) is 0 Å². The summed E-state index contributed by atoms with van der Waals surface area (Å²) >= 11 is 12.1. The second-order valence-electron chi connectivity index (χ2n) is 3.85. The van der Waals surface area contributed by atoms with Crippen LogP contribution in [-0.4, -0.2) is 7.05 Å². The first kappa shape index (κ1) is 12.4. The van der Waals surface area contributed by atoms with Gasteiger partial charge in [0.1, 0.15) is 0 Å². The molecule has 1 nitrogen and oxygen atoms in total. The van der Waals surface area contributed by atoms with Gasteiger partial charge in [0.2, 0.25) is 0 Å². The largest absolute Gasteiger partial charge is 0.316 e. The first-order valence-corrected chi connectivity index (χ1v) is 6.15. The summed E-state index contributed by atoms with van der Waals surface area (Å²) in [5, 5.41) is 4.63. The fourth-order valence-electron chi connectivity index (χ4n) is 1.75. The predicted octanol–water partition coefficient (Wildman–Crippen LogP) is 4.38. The van der Waals surface area contributed by atoms with E-state index in [2.05, 4.69) is 11.4 Å². The van der Waals surface area contributed by atoms with Crippen LogP contribution in [0.2, 0.25) is 10.0 Å². The molecule has 0 aliphatic heterocycles. The molecule has 0 saturated heterocycles. The number of rotatable bonds is 3. The van der Waals surface area contributed by atoms with Crippen molar-refractivity contribution in [2.75, 3.05) is 7.05 Å². The van der Waals surface area contributed by atoms with Crippen LogP contribution in [0, 0.1) is 0 Å². The third-order valence-corrected chi connectivity index (χ3v) is 3.17. The van der Waals surface area contributed by atoms with Crippen molar-refractivity contribution in [3.05, 3.63) is 58.1 Å². The van der Waals surface area contributed by atoms with Gasteiger partial charge in [-0.2, -0.15) is 0 Å². The Balaban J connectivity index is 2.42. The lowest BCUT2D eigenvalue weighted by atomic mass is 10.0. The second kappa shape index (κ2) is 5.54. The minimum atomic E-state index is 0.743. The lowest BCUT2D eigenvalue weighted by Gasteiger charge is -2.08. The molecule has 0 aliphatic carbocycles. The van der Waals surface area contributed by atoms with Gasteiger partial charge in [-0.3, -0.25) is 0 Å². The van der Waals surface area contributed by atoms with Crippen LogP contribution in [0.4, 0.5) is 0 Å². The highest BCUT2D eigenvalue weighted by Gasteiger charge is 2.03. The normalized spacial score (nSPS) is 10.5.